The van der Waals surface area contributed by atoms with Gasteiger partial charge in [-0.25, -0.2) is 0 Å². The van der Waals surface area contributed by atoms with Crippen molar-refractivity contribution in [3.8, 4) is 0 Å². The molecule has 0 saturated heterocycles. The van der Waals surface area contributed by atoms with E-state index in [1.54, 1.807) is 0 Å². The molecule has 1 saturated carbocycles. The number of hydrogen-bond donors (Lipinski definition) is 1. The summed E-state index contributed by atoms with van der Waals surface area (Å²) in [6.07, 6.45) is 0.997. The molecule has 4 unspecified atom stereocenters. The molecular weight excluding hydrogens is 148 g/mol. The smallest absolute Gasteiger partial charge is 0.0433 e. The standard InChI is InChI=1S/C11H22O/c1-7-8(2)10(4)11(5-6-12)9(7)3/h7-12H,5-6H2,1-4H3/t7?,8?,9-,10?,11?/m0/s1. The van der Waals surface area contributed by atoms with Crippen molar-refractivity contribution in [2.45, 2.75) is 34.1 Å². The Bertz CT molecular complexity index is 130. The molecule has 0 aromatic heterocycles. The summed E-state index contributed by atoms with van der Waals surface area (Å²) in [7, 11) is 0. The molecule has 0 aliphatic heterocycles. The normalized spacial score (nSPS) is 48.2. The summed E-state index contributed by atoms with van der Waals surface area (Å²) in [6, 6.07) is 0. The van der Waals surface area contributed by atoms with Crippen LogP contribution in [0.4, 0.5) is 0 Å². The molecule has 1 heteroatoms. The molecule has 72 valence electrons. The van der Waals surface area contributed by atoms with Gasteiger partial charge in [0.1, 0.15) is 0 Å². The van der Waals surface area contributed by atoms with E-state index in [-0.39, 0.29) is 0 Å². The lowest BCUT2D eigenvalue weighted by Gasteiger charge is -2.19. The fourth-order valence-corrected chi connectivity index (χ4v) is 2.89. The second kappa shape index (κ2) is 3.78. The van der Waals surface area contributed by atoms with Crippen molar-refractivity contribution in [2.75, 3.05) is 6.61 Å². The average molecular weight is 170 g/mol. The van der Waals surface area contributed by atoms with E-state index in [9.17, 15) is 0 Å². The molecular formula is C11H22O. The van der Waals surface area contributed by atoms with Crippen molar-refractivity contribution in [1.82, 2.24) is 0 Å². The van der Waals surface area contributed by atoms with Gasteiger partial charge >= 0.3 is 0 Å². The lowest BCUT2D eigenvalue weighted by atomic mass is 9.87. The number of hydrogen-bond acceptors (Lipinski definition) is 1. The fourth-order valence-electron chi connectivity index (χ4n) is 2.89. The van der Waals surface area contributed by atoms with Crippen molar-refractivity contribution in [3.05, 3.63) is 0 Å². The third kappa shape index (κ3) is 1.52. The van der Waals surface area contributed by atoms with E-state index in [0.717, 1.165) is 36.0 Å². The Balaban J connectivity index is 2.62. The van der Waals surface area contributed by atoms with Gasteiger partial charge in [-0.2, -0.15) is 0 Å². The molecule has 0 aromatic rings. The minimum Gasteiger partial charge on any atom is -0.396 e. The van der Waals surface area contributed by atoms with Gasteiger partial charge in [-0.15, -0.1) is 0 Å². The van der Waals surface area contributed by atoms with Crippen molar-refractivity contribution >= 4 is 0 Å². The highest BCUT2D eigenvalue weighted by molar-refractivity contribution is 4.89. The van der Waals surface area contributed by atoms with Crippen molar-refractivity contribution in [2.24, 2.45) is 29.6 Å². The molecule has 12 heavy (non-hydrogen) atoms. The third-order valence-corrected chi connectivity index (χ3v) is 4.30. The van der Waals surface area contributed by atoms with Gasteiger partial charge in [0, 0.05) is 6.61 Å². The lowest BCUT2D eigenvalue weighted by molar-refractivity contribution is 0.209. The van der Waals surface area contributed by atoms with Crippen molar-refractivity contribution < 1.29 is 5.11 Å². The minimum absolute atomic E-state index is 0.360. The minimum atomic E-state index is 0.360. The van der Waals surface area contributed by atoms with Gasteiger partial charge in [0.05, 0.1) is 0 Å². The van der Waals surface area contributed by atoms with E-state index >= 15 is 0 Å². The van der Waals surface area contributed by atoms with Gasteiger partial charge in [0.15, 0.2) is 0 Å². The zero-order valence-electron chi connectivity index (χ0n) is 8.75. The van der Waals surface area contributed by atoms with Crippen LogP contribution in [0.25, 0.3) is 0 Å². The summed E-state index contributed by atoms with van der Waals surface area (Å²) in [6.45, 7) is 9.74. The Morgan fingerprint density at radius 3 is 1.58 bits per heavy atom. The molecule has 1 rings (SSSR count). The van der Waals surface area contributed by atoms with Gasteiger partial charge < -0.3 is 5.11 Å². The molecule has 1 aliphatic rings. The first kappa shape index (κ1) is 10.0. The van der Waals surface area contributed by atoms with Crippen LogP contribution in [0.2, 0.25) is 0 Å². The maximum absolute atomic E-state index is 8.93. The van der Waals surface area contributed by atoms with Gasteiger partial charge in [0.25, 0.3) is 0 Å². The molecule has 5 atom stereocenters. The SMILES string of the molecule is CC1C(C)C(CCO)[C@@H](C)C1C. The maximum Gasteiger partial charge on any atom is 0.0433 e. The maximum atomic E-state index is 8.93. The van der Waals surface area contributed by atoms with Gasteiger partial charge in [-0.3, -0.25) is 0 Å². The Morgan fingerprint density at radius 2 is 1.25 bits per heavy atom. The van der Waals surface area contributed by atoms with E-state index in [4.69, 9.17) is 5.11 Å². The Hall–Kier alpha value is -0.0400. The summed E-state index contributed by atoms with van der Waals surface area (Å²) in [5, 5.41) is 8.93. The van der Waals surface area contributed by atoms with Crippen molar-refractivity contribution in [3.63, 3.8) is 0 Å². The predicted octanol–water partition coefficient (Wildman–Crippen LogP) is 2.54. The van der Waals surface area contributed by atoms with E-state index in [1.807, 2.05) is 0 Å². The summed E-state index contributed by atoms with van der Waals surface area (Å²) in [4.78, 5) is 0. The molecule has 1 N–H and O–H groups in total. The first-order chi connectivity index (χ1) is 5.59. The first-order valence-electron chi connectivity index (χ1n) is 5.20. The van der Waals surface area contributed by atoms with Gasteiger partial charge in [-0.1, -0.05) is 27.7 Å². The van der Waals surface area contributed by atoms with Crippen LogP contribution in [0.1, 0.15) is 34.1 Å². The van der Waals surface area contributed by atoms with E-state index in [1.165, 1.54) is 0 Å². The molecule has 0 radical (unpaired) electrons. The van der Waals surface area contributed by atoms with Crippen LogP contribution < -0.4 is 0 Å². The molecule has 0 bridgehead atoms. The number of aliphatic hydroxyl groups is 1. The van der Waals surface area contributed by atoms with Crippen LogP contribution in [0.3, 0.4) is 0 Å². The predicted molar refractivity (Wildman–Crippen MR) is 51.8 cm³/mol. The summed E-state index contributed by atoms with van der Waals surface area (Å²) in [5.74, 6) is 4.00. The van der Waals surface area contributed by atoms with Crippen LogP contribution in [0.5, 0.6) is 0 Å². The van der Waals surface area contributed by atoms with Crippen LogP contribution in [0.15, 0.2) is 0 Å². The molecule has 1 nitrogen and oxygen atoms in total. The number of rotatable bonds is 2. The highest BCUT2D eigenvalue weighted by atomic mass is 16.3. The fraction of sp³-hybridized carbons (Fsp3) is 1.00. The topological polar surface area (TPSA) is 20.2 Å². The molecule has 0 spiro atoms. The molecule has 0 aromatic carbocycles. The summed E-state index contributed by atoms with van der Waals surface area (Å²) < 4.78 is 0. The van der Waals surface area contributed by atoms with Crippen LogP contribution in [-0.2, 0) is 0 Å². The second-order valence-electron chi connectivity index (χ2n) is 4.61. The lowest BCUT2D eigenvalue weighted by Crippen LogP contribution is -2.14. The second-order valence-corrected chi connectivity index (χ2v) is 4.61. The molecule has 1 fully saturated rings. The molecule has 1 aliphatic carbocycles. The first-order valence-corrected chi connectivity index (χ1v) is 5.20. The summed E-state index contributed by atoms with van der Waals surface area (Å²) in [5.41, 5.74) is 0. The highest BCUT2D eigenvalue weighted by Crippen LogP contribution is 2.46. The van der Waals surface area contributed by atoms with E-state index in [2.05, 4.69) is 27.7 Å². The largest absolute Gasteiger partial charge is 0.396 e. The average Bonchev–Trinajstić information content (AvgIpc) is 2.23. The Labute approximate surface area is 76.2 Å². The van der Waals surface area contributed by atoms with Crippen LogP contribution >= 0.6 is 0 Å². The number of aliphatic hydroxyl groups excluding tert-OH is 1. The zero-order valence-corrected chi connectivity index (χ0v) is 8.75. The van der Waals surface area contributed by atoms with Gasteiger partial charge in [-0.05, 0) is 36.0 Å². The van der Waals surface area contributed by atoms with E-state index < -0.39 is 0 Å². The van der Waals surface area contributed by atoms with Gasteiger partial charge in [0.2, 0.25) is 0 Å². The Morgan fingerprint density at radius 1 is 0.833 bits per heavy atom. The monoisotopic (exact) mass is 170 g/mol. The summed E-state index contributed by atoms with van der Waals surface area (Å²) >= 11 is 0. The Kier molecular flexibility index (Phi) is 3.16. The van der Waals surface area contributed by atoms with E-state index in [0.29, 0.717) is 6.61 Å². The molecule has 0 amide bonds. The third-order valence-electron chi connectivity index (χ3n) is 4.30. The quantitative estimate of drug-likeness (QED) is 0.675. The van der Waals surface area contributed by atoms with Crippen LogP contribution in [-0.4, -0.2) is 11.7 Å². The highest BCUT2D eigenvalue weighted by Gasteiger charge is 2.40. The van der Waals surface area contributed by atoms with Crippen LogP contribution in [0, 0.1) is 29.6 Å². The zero-order chi connectivity index (χ0) is 9.30. The molecule has 0 heterocycles. The van der Waals surface area contributed by atoms with Crippen molar-refractivity contribution in [1.29, 1.82) is 0 Å².